The first kappa shape index (κ1) is 16.6. The van der Waals surface area contributed by atoms with Crippen LogP contribution in [0.5, 0.6) is 0 Å². The van der Waals surface area contributed by atoms with Crippen LogP contribution in [0.4, 0.5) is 0 Å². The number of pyridine rings is 1. The highest BCUT2D eigenvalue weighted by molar-refractivity contribution is 5.94. The molecule has 1 saturated heterocycles. The lowest BCUT2D eigenvalue weighted by molar-refractivity contribution is 0.0594. The number of methoxy groups -OCH3 is 1. The molecule has 5 nitrogen and oxygen atoms in total. The second-order valence-electron chi connectivity index (χ2n) is 5.94. The first-order valence-corrected chi connectivity index (χ1v) is 8.29. The zero-order valence-corrected chi connectivity index (χ0v) is 14.0. The predicted molar refractivity (Wildman–Crippen MR) is 93.9 cm³/mol. The molecular formula is C19H23N3O2. The Hall–Kier alpha value is -2.24. The Morgan fingerprint density at radius 1 is 1.00 bits per heavy atom. The minimum absolute atomic E-state index is 0.114. The Bertz CT molecular complexity index is 650. The highest BCUT2D eigenvalue weighted by Gasteiger charge is 2.21. The van der Waals surface area contributed by atoms with E-state index >= 15 is 0 Å². The molecule has 1 fully saturated rings. The van der Waals surface area contributed by atoms with Gasteiger partial charge in [0, 0.05) is 57.8 Å². The average molecular weight is 325 g/mol. The number of carbonyl (C=O) groups excluding carboxylic acids is 1. The first-order valence-electron chi connectivity index (χ1n) is 8.29. The molecule has 0 unspecified atom stereocenters. The molecule has 1 aliphatic heterocycles. The summed E-state index contributed by atoms with van der Waals surface area (Å²) in [4.78, 5) is 20.9. The van der Waals surface area contributed by atoms with Crippen molar-refractivity contribution >= 4 is 5.91 Å². The van der Waals surface area contributed by atoms with Crippen molar-refractivity contribution in [2.24, 2.45) is 0 Å². The molecular weight excluding hydrogens is 302 g/mol. The fourth-order valence-corrected chi connectivity index (χ4v) is 2.93. The largest absolute Gasteiger partial charge is 0.383 e. The summed E-state index contributed by atoms with van der Waals surface area (Å²) in [5.41, 5.74) is 2.95. The van der Waals surface area contributed by atoms with Gasteiger partial charge >= 0.3 is 0 Å². The number of ether oxygens (including phenoxy) is 1. The smallest absolute Gasteiger partial charge is 0.253 e. The van der Waals surface area contributed by atoms with Crippen LogP contribution in [0.25, 0.3) is 11.1 Å². The third kappa shape index (κ3) is 3.99. The molecule has 1 amide bonds. The topological polar surface area (TPSA) is 45.7 Å². The van der Waals surface area contributed by atoms with Crippen molar-refractivity contribution in [3.8, 4) is 11.1 Å². The van der Waals surface area contributed by atoms with Gasteiger partial charge in [0.25, 0.3) is 5.91 Å². The average Bonchev–Trinajstić information content (AvgIpc) is 2.67. The highest BCUT2D eigenvalue weighted by atomic mass is 16.5. The summed E-state index contributed by atoms with van der Waals surface area (Å²) in [5, 5.41) is 0. The normalized spacial score (nSPS) is 15.5. The number of amides is 1. The summed E-state index contributed by atoms with van der Waals surface area (Å²) in [5.74, 6) is 0.114. The third-order valence-corrected chi connectivity index (χ3v) is 4.42. The van der Waals surface area contributed by atoms with Gasteiger partial charge in [0.05, 0.1) is 6.61 Å². The molecule has 0 bridgehead atoms. The minimum Gasteiger partial charge on any atom is -0.383 e. The Morgan fingerprint density at radius 3 is 2.25 bits per heavy atom. The monoisotopic (exact) mass is 325 g/mol. The van der Waals surface area contributed by atoms with E-state index in [0.29, 0.717) is 0 Å². The summed E-state index contributed by atoms with van der Waals surface area (Å²) in [6.45, 7) is 5.03. The molecule has 0 aliphatic carbocycles. The van der Waals surface area contributed by atoms with Crippen molar-refractivity contribution in [1.82, 2.24) is 14.8 Å². The van der Waals surface area contributed by atoms with E-state index in [1.165, 1.54) is 0 Å². The van der Waals surface area contributed by atoms with Gasteiger partial charge in [-0.25, -0.2) is 0 Å². The number of rotatable bonds is 5. The van der Waals surface area contributed by atoms with E-state index in [1.54, 1.807) is 19.5 Å². The SMILES string of the molecule is COCCN1CCN(C(=O)c2ccc(-c3ccncc3)cc2)CC1. The number of piperazine rings is 1. The van der Waals surface area contributed by atoms with Gasteiger partial charge in [-0.3, -0.25) is 14.7 Å². The van der Waals surface area contributed by atoms with Crippen molar-refractivity contribution in [3.05, 3.63) is 54.4 Å². The lowest BCUT2D eigenvalue weighted by Gasteiger charge is -2.34. The molecule has 2 heterocycles. The van der Waals surface area contributed by atoms with E-state index in [-0.39, 0.29) is 5.91 Å². The van der Waals surface area contributed by atoms with Crippen LogP contribution in [0.15, 0.2) is 48.8 Å². The van der Waals surface area contributed by atoms with Crippen LogP contribution < -0.4 is 0 Å². The second kappa shape index (κ2) is 8.04. The second-order valence-corrected chi connectivity index (χ2v) is 5.94. The minimum atomic E-state index is 0.114. The van der Waals surface area contributed by atoms with E-state index in [9.17, 15) is 4.79 Å². The van der Waals surface area contributed by atoms with Gasteiger partial charge in [0.1, 0.15) is 0 Å². The number of hydrogen-bond donors (Lipinski definition) is 0. The lowest BCUT2D eigenvalue weighted by atomic mass is 10.0. The highest BCUT2D eigenvalue weighted by Crippen LogP contribution is 2.19. The molecule has 0 spiro atoms. The molecule has 1 aromatic carbocycles. The van der Waals surface area contributed by atoms with Crippen molar-refractivity contribution in [1.29, 1.82) is 0 Å². The molecule has 1 aliphatic rings. The van der Waals surface area contributed by atoms with Crippen molar-refractivity contribution < 1.29 is 9.53 Å². The van der Waals surface area contributed by atoms with Crippen LogP contribution in [0.3, 0.4) is 0 Å². The van der Waals surface area contributed by atoms with Crippen molar-refractivity contribution in [2.75, 3.05) is 46.4 Å². The maximum Gasteiger partial charge on any atom is 0.253 e. The first-order chi connectivity index (χ1) is 11.8. The molecule has 0 radical (unpaired) electrons. The molecule has 0 atom stereocenters. The van der Waals surface area contributed by atoms with Crippen LogP contribution in [0.1, 0.15) is 10.4 Å². The van der Waals surface area contributed by atoms with Gasteiger partial charge in [-0.15, -0.1) is 0 Å². The Kier molecular flexibility index (Phi) is 5.56. The maximum atomic E-state index is 12.6. The van der Waals surface area contributed by atoms with Crippen LogP contribution in [0.2, 0.25) is 0 Å². The molecule has 126 valence electrons. The van der Waals surface area contributed by atoms with Crippen molar-refractivity contribution in [2.45, 2.75) is 0 Å². The zero-order chi connectivity index (χ0) is 16.8. The predicted octanol–water partition coefficient (Wildman–Crippen LogP) is 2.15. The summed E-state index contributed by atoms with van der Waals surface area (Å²) >= 11 is 0. The summed E-state index contributed by atoms with van der Waals surface area (Å²) < 4.78 is 5.11. The molecule has 5 heteroatoms. The van der Waals surface area contributed by atoms with Gasteiger partial charge in [-0.1, -0.05) is 12.1 Å². The molecule has 24 heavy (non-hydrogen) atoms. The standard InChI is InChI=1S/C19H23N3O2/c1-24-15-14-21-10-12-22(13-11-21)19(23)18-4-2-16(3-5-18)17-6-8-20-9-7-17/h2-9H,10-15H2,1H3. The van der Waals surface area contributed by atoms with Crippen molar-refractivity contribution in [3.63, 3.8) is 0 Å². The van der Waals surface area contributed by atoms with Gasteiger partial charge in [0.15, 0.2) is 0 Å². The molecule has 0 N–H and O–H groups in total. The Morgan fingerprint density at radius 2 is 1.62 bits per heavy atom. The Balaban J connectivity index is 1.60. The van der Waals surface area contributed by atoms with E-state index in [0.717, 1.165) is 56.0 Å². The summed E-state index contributed by atoms with van der Waals surface area (Å²) in [7, 11) is 1.72. The van der Waals surface area contributed by atoms with E-state index < -0.39 is 0 Å². The van der Waals surface area contributed by atoms with Crippen LogP contribution >= 0.6 is 0 Å². The zero-order valence-electron chi connectivity index (χ0n) is 14.0. The van der Waals surface area contributed by atoms with Gasteiger partial charge in [-0.05, 0) is 35.4 Å². The summed E-state index contributed by atoms with van der Waals surface area (Å²) in [6, 6.07) is 11.8. The van der Waals surface area contributed by atoms with E-state index in [2.05, 4.69) is 9.88 Å². The quantitative estimate of drug-likeness (QED) is 0.845. The van der Waals surface area contributed by atoms with Crippen LogP contribution in [-0.4, -0.2) is 67.1 Å². The van der Waals surface area contributed by atoms with E-state index in [4.69, 9.17) is 4.74 Å². The third-order valence-electron chi connectivity index (χ3n) is 4.42. The number of carbonyl (C=O) groups is 1. The number of nitrogens with zero attached hydrogens (tertiary/aromatic N) is 3. The van der Waals surface area contributed by atoms with Crippen LogP contribution in [-0.2, 0) is 4.74 Å². The fraction of sp³-hybridized carbons (Fsp3) is 0.368. The van der Waals surface area contributed by atoms with Gasteiger partial charge < -0.3 is 9.64 Å². The lowest BCUT2D eigenvalue weighted by Crippen LogP contribution is -2.49. The number of benzene rings is 1. The fourth-order valence-electron chi connectivity index (χ4n) is 2.93. The van der Waals surface area contributed by atoms with Gasteiger partial charge in [0.2, 0.25) is 0 Å². The molecule has 3 rings (SSSR count). The van der Waals surface area contributed by atoms with Gasteiger partial charge in [-0.2, -0.15) is 0 Å². The molecule has 1 aromatic heterocycles. The van der Waals surface area contributed by atoms with E-state index in [1.807, 2.05) is 41.3 Å². The number of hydrogen-bond acceptors (Lipinski definition) is 4. The summed E-state index contributed by atoms with van der Waals surface area (Å²) in [6.07, 6.45) is 3.55. The molecule has 0 saturated carbocycles. The maximum absolute atomic E-state index is 12.6. The van der Waals surface area contributed by atoms with Crippen LogP contribution in [0, 0.1) is 0 Å². The molecule has 2 aromatic rings. The number of aromatic nitrogens is 1. The Labute approximate surface area is 142 Å².